The lowest BCUT2D eigenvalue weighted by atomic mass is 9.99. The predicted molar refractivity (Wildman–Crippen MR) is 121 cm³/mol. The van der Waals surface area contributed by atoms with E-state index in [9.17, 15) is 9.18 Å². The Labute approximate surface area is 184 Å². The Morgan fingerprint density at radius 1 is 1.19 bits per heavy atom. The Balaban J connectivity index is 1.75. The van der Waals surface area contributed by atoms with Crippen molar-refractivity contribution in [2.24, 2.45) is 0 Å². The van der Waals surface area contributed by atoms with Gasteiger partial charge in [0.2, 0.25) is 0 Å². The van der Waals surface area contributed by atoms with Gasteiger partial charge in [0, 0.05) is 16.6 Å². The molecule has 0 radical (unpaired) electrons. The Morgan fingerprint density at radius 3 is 2.68 bits per heavy atom. The number of nitrogens with zero attached hydrogens (tertiary/aromatic N) is 1. The summed E-state index contributed by atoms with van der Waals surface area (Å²) in [5.74, 6) is 0.315. The molecule has 4 rings (SSSR count). The van der Waals surface area contributed by atoms with Gasteiger partial charge < -0.3 is 15.1 Å². The SMILES string of the molecule is CCc1cc([C@H](Nc2cc(C)ccn2)c2ccc(F)cc2)c(NC(=O)c2ccco2)s1. The number of halogens is 1. The summed E-state index contributed by atoms with van der Waals surface area (Å²) >= 11 is 1.52. The first-order chi connectivity index (χ1) is 15.0. The molecule has 2 N–H and O–H groups in total. The van der Waals surface area contributed by atoms with Crippen LogP contribution < -0.4 is 10.6 Å². The average molecular weight is 436 g/mol. The molecule has 3 heterocycles. The minimum atomic E-state index is -0.335. The largest absolute Gasteiger partial charge is 0.459 e. The number of furan rings is 1. The second kappa shape index (κ2) is 9.14. The highest BCUT2D eigenvalue weighted by Gasteiger charge is 2.23. The molecule has 7 heteroatoms. The van der Waals surface area contributed by atoms with Crippen LogP contribution in [0.25, 0.3) is 0 Å². The van der Waals surface area contributed by atoms with Crippen molar-refractivity contribution >= 4 is 28.1 Å². The average Bonchev–Trinajstić information content (AvgIpc) is 3.43. The fourth-order valence-corrected chi connectivity index (χ4v) is 4.31. The summed E-state index contributed by atoms with van der Waals surface area (Å²) in [6, 6.07) is 15.2. The van der Waals surface area contributed by atoms with E-state index in [1.54, 1.807) is 30.5 Å². The third-order valence-electron chi connectivity index (χ3n) is 4.85. The maximum atomic E-state index is 13.6. The monoisotopic (exact) mass is 435 g/mol. The van der Waals surface area contributed by atoms with Gasteiger partial charge in [-0.25, -0.2) is 9.37 Å². The van der Waals surface area contributed by atoms with Gasteiger partial charge in [-0.05, 0) is 66.9 Å². The van der Waals surface area contributed by atoms with E-state index in [0.29, 0.717) is 10.8 Å². The van der Waals surface area contributed by atoms with Gasteiger partial charge in [0.1, 0.15) is 16.6 Å². The highest BCUT2D eigenvalue weighted by Crippen LogP contribution is 2.38. The maximum absolute atomic E-state index is 13.6. The summed E-state index contributed by atoms with van der Waals surface area (Å²) < 4.78 is 18.8. The molecule has 4 aromatic rings. The third kappa shape index (κ3) is 4.83. The molecule has 1 amide bonds. The zero-order valence-electron chi connectivity index (χ0n) is 17.2. The molecule has 0 fully saturated rings. The number of aromatic nitrogens is 1. The number of anilines is 2. The van der Waals surface area contributed by atoms with Crippen LogP contribution in [0.5, 0.6) is 0 Å². The number of benzene rings is 1. The summed E-state index contributed by atoms with van der Waals surface area (Å²) in [6.07, 6.45) is 4.03. The minimum absolute atomic E-state index is 0.240. The van der Waals surface area contributed by atoms with Crippen LogP contribution in [0.3, 0.4) is 0 Å². The van der Waals surface area contributed by atoms with E-state index in [1.165, 1.54) is 29.7 Å². The zero-order chi connectivity index (χ0) is 21.8. The summed E-state index contributed by atoms with van der Waals surface area (Å²) in [5.41, 5.74) is 2.82. The number of carbonyl (C=O) groups excluding carboxylic acids is 1. The van der Waals surface area contributed by atoms with Crippen molar-refractivity contribution in [3.63, 3.8) is 0 Å². The number of nitrogens with one attached hydrogen (secondary N) is 2. The van der Waals surface area contributed by atoms with E-state index in [-0.39, 0.29) is 23.5 Å². The molecule has 0 aliphatic carbocycles. The van der Waals surface area contributed by atoms with Gasteiger partial charge in [0.25, 0.3) is 5.91 Å². The van der Waals surface area contributed by atoms with Crippen LogP contribution in [-0.2, 0) is 6.42 Å². The standard InChI is InChI=1S/C24H22FN3O2S/c1-3-18-14-19(24(31-18)28-23(29)20-5-4-12-30-20)22(16-6-8-17(25)9-7-16)27-21-13-15(2)10-11-26-21/h4-14,22H,3H2,1-2H3,(H,26,27)(H,28,29)/t22-/m1/s1. The summed E-state index contributed by atoms with van der Waals surface area (Å²) in [6.45, 7) is 4.06. The van der Waals surface area contributed by atoms with Crippen LogP contribution in [-0.4, -0.2) is 10.9 Å². The Hall–Kier alpha value is -3.45. The van der Waals surface area contributed by atoms with E-state index >= 15 is 0 Å². The molecular weight excluding hydrogens is 413 g/mol. The van der Waals surface area contributed by atoms with Gasteiger partial charge in [0.05, 0.1) is 12.3 Å². The molecule has 3 aromatic heterocycles. The lowest BCUT2D eigenvalue weighted by molar-refractivity contribution is 0.0997. The highest BCUT2D eigenvalue weighted by molar-refractivity contribution is 7.16. The molecule has 1 atom stereocenters. The second-order valence-electron chi connectivity index (χ2n) is 7.13. The molecule has 1 aromatic carbocycles. The van der Waals surface area contributed by atoms with Crippen LogP contribution >= 0.6 is 11.3 Å². The van der Waals surface area contributed by atoms with Crippen LogP contribution in [0.2, 0.25) is 0 Å². The van der Waals surface area contributed by atoms with E-state index in [2.05, 4.69) is 28.6 Å². The molecule has 0 unspecified atom stereocenters. The van der Waals surface area contributed by atoms with Crippen LogP contribution in [0.15, 0.2) is 71.5 Å². The second-order valence-corrected chi connectivity index (χ2v) is 8.27. The lowest BCUT2D eigenvalue weighted by Gasteiger charge is -2.21. The smallest absolute Gasteiger partial charge is 0.291 e. The molecule has 0 saturated carbocycles. The molecule has 5 nitrogen and oxygen atoms in total. The van der Waals surface area contributed by atoms with Gasteiger partial charge in [-0.15, -0.1) is 11.3 Å². The maximum Gasteiger partial charge on any atom is 0.291 e. The summed E-state index contributed by atoms with van der Waals surface area (Å²) in [5, 5.41) is 7.15. The Bertz CT molecular complexity index is 1170. The lowest BCUT2D eigenvalue weighted by Crippen LogP contribution is -2.17. The van der Waals surface area contributed by atoms with Crippen molar-refractivity contribution in [2.75, 3.05) is 10.6 Å². The number of rotatable bonds is 7. The van der Waals surface area contributed by atoms with Crippen molar-refractivity contribution < 1.29 is 13.6 Å². The van der Waals surface area contributed by atoms with Gasteiger partial charge in [-0.1, -0.05) is 19.1 Å². The molecule has 0 aliphatic rings. The summed E-state index contributed by atoms with van der Waals surface area (Å²) in [7, 11) is 0. The van der Waals surface area contributed by atoms with E-state index in [1.807, 2.05) is 19.1 Å². The van der Waals surface area contributed by atoms with Crippen LogP contribution in [0.1, 0.15) is 45.1 Å². The quantitative estimate of drug-likeness (QED) is 0.363. The first-order valence-corrected chi connectivity index (χ1v) is 10.8. The molecular formula is C24H22FN3O2S. The molecule has 31 heavy (non-hydrogen) atoms. The van der Waals surface area contributed by atoms with Crippen molar-refractivity contribution in [3.05, 3.63) is 100 Å². The summed E-state index contributed by atoms with van der Waals surface area (Å²) in [4.78, 5) is 18.2. The van der Waals surface area contributed by atoms with Gasteiger partial charge >= 0.3 is 0 Å². The van der Waals surface area contributed by atoms with Crippen LogP contribution in [0, 0.1) is 12.7 Å². The number of thiophene rings is 1. The number of hydrogen-bond acceptors (Lipinski definition) is 5. The molecule has 158 valence electrons. The molecule has 0 saturated heterocycles. The fourth-order valence-electron chi connectivity index (χ4n) is 3.28. The van der Waals surface area contributed by atoms with Crippen molar-refractivity contribution in [1.29, 1.82) is 0 Å². The first kappa shape index (κ1) is 20.8. The number of hydrogen-bond donors (Lipinski definition) is 2. The molecule has 0 aliphatic heterocycles. The van der Waals surface area contributed by atoms with Gasteiger partial charge in [0.15, 0.2) is 5.76 Å². The Kier molecular flexibility index (Phi) is 6.13. The molecule has 0 bridgehead atoms. The van der Waals surface area contributed by atoms with Gasteiger partial charge in [-0.2, -0.15) is 0 Å². The van der Waals surface area contributed by atoms with Crippen molar-refractivity contribution in [3.8, 4) is 0 Å². The zero-order valence-corrected chi connectivity index (χ0v) is 18.0. The third-order valence-corrected chi connectivity index (χ3v) is 6.06. The number of amides is 1. The van der Waals surface area contributed by atoms with Gasteiger partial charge in [-0.3, -0.25) is 4.79 Å². The minimum Gasteiger partial charge on any atom is -0.459 e. The predicted octanol–water partition coefficient (Wildman–Crippen LogP) is 6.20. The van der Waals surface area contributed by atoms with Crippen molar-refractivity contribution in [2.45, 2.75) is 26.3 Å². The van der Waals surface area contributed by atoms with E-state index < -0.39 is 0 Å². The fraction of sp³-hybridized carbons (Fsp3) is 0.167. The normalized spacial score (nSPS) is 11.8. The van der Waals surface area contributed by atoms with E-state index in [0.717, 1.165) is 28.0 Å². The van der Waals surface area contributed by atoms with Crippen molar-refractivity contribution in [1.82, 2.24) is 4.98 Å². The highest BCUT2D eigenvalue weighted by atomic mass is 32.1. The molecule has 0 spiro atoms. The first-order valence-electron chi connectivity index (χ1n) is 9.95. The number of pyridine rings is 1. The Morgan fingerprint density at radius 2 is 2.00 bits per heavy atom. The number of carbonyl (C=O) groups is 1. The van der Waals surface area contributed by atoms with E-state index in [4.69, 9.17) is 4.42 Å². The topological polar surface area (TPSA) is 67.2 Å². The van der Waals surface area contributed by atoms with Crippen LogP contribution in [0.4, 0.5) is 15.2 Å². The number of aryl methyl sites for hydroxylation is 2.